The van der Waals surface area contributed by atoms with Crippen LogP contribution in [0.4, 0.5) is 5.69 Å². The average molecular weight is 368 g/mol. The van der Waals surface area contributed by atoms with Crippen LogP contribution in [0.15, 0.2) is 48.5 Å². The van der Waals surface area contributed by atoms with Crippen LogP contribution in [0.25, 0.3) is 0 Å². The molecule has 0 saturated carbocycles. The van der Waals surface area contributed by atoms with Crippen molar-refractivity contribution in [3.05, 3.63) is 75.3 Å². The van der Waals surface area contributed by atoms with Crippen LogP contribution < -0.4 is 5.32 Å². The first kappa shape index (κ1) is 19.6. The number of rotatable bonds is 5. The zero-order valence-electron chi connectivity index (χ0n) is 14.2. The fourth-order valence-corrected chi connectivity index (χ4v) is 2.13. The Balaban J connectivity index is 2.08. The molecule has 138 valence electrons. The number of non-ortho nitro benzene ring substituents is 1. The second kappa shape index (κ2) is 8.60. The summed E-state index contributed by atoms with van der Waals surface area (Å²) < 4.78 is 0. The second-order valence-electron chi connectivity index (χ2n) is 5.66. The Kier molecular flexibility index (Phi) is 6.25. The van der Waals surface area contributed by atoms with Crippen molar-refractivity contribution in [1.29, 1.82) is 0 Å². The number of nitrogens with one attached hydrogen (secondary N) is 1. The van der Waals surface area contributed by atoms with E-state index in [1.54, 1.807) is 12.1 Å². The summed E-state index contributed by atoms with van der Waals surface area (Å²) in [5.41, 5.74) is 1.41. The highest BCUT2D eigenvalue weighted by molar-refractivity contribution is 5.96. The molecule has 0 aliphatic carbocycles. The SMILES string of the molecule is C[C@@H](O)[C@H](NC(=O)c1ccc(C#Cc2ccc([N+](=O)[O-])cc2)cc1)C(=O)O. The van der Waals surface area contributed by atoms with E-state index < -0.39 is 28.9 Å². The van der Waals surface area contributed by atoms with Gasteiger partial charge in [-0.15, -0.1) is 0 Å². The van der Waals surface area contributed by atoms with Gasteiger partial charge in [-0.3, -0.25) is 14.9 Å². The number of nitrogens with zero attached hydrogens (tertiary/aromatic N) is 1. The van der Waals surface area contributed by atoms with E-state index >= 15 is 0 Å². The molecule has 8 heteroatoms. The normalized spacial score (nSPS) is 12.2. The van der Waals surface area contributed by atoms with Gasteiger partial charge in [0.25, 0.3) is 11.6 Å². The first-order chi connectivity index (χ1) is 12.8. The maximum atomic E-state index is 12.1. The van der Waals surface area contributed by atoms with Crippen LogP contribution in [0.3, 0.4) is 0 Å². The van der Waals surface area contributed by atoms with Gasteiger partial charge in [-0.2, -0.15) is 0 Å². The van der Waals surface area contributed by atoms with Crippen molar-refractivity contribution in [3.8, 4) is 11.8 Å². The topological polar surface area (TPSA) is 130 Å². The van der Waals surface area contributed by atoms with Gasteiger partial charge < -0.3 is 15.5 Å². The Bertz CT molecular complexity index is 908. The van der Waals surface area contributed by atoms with Crippen molar-refractivity contribution in [2.24, 2.45) is 0 Å². The number of nitro groups is 1. The van der Waals surface area contributed by atoms with Gasteiger partial charge >= 0.3 is 5.97 Å². The van der Waals surface area contributed by atoms with E-state index in [4.69, 9.17) is 5.11 Å². The number of carboxylic acids is 1. The van der Waals surface area contributed by atoms with Crippen LogP contribution in [0.2, 0.25) is 0 Å². The minimum Gasteiger partial charge on any atom is -0.480 e. The Morgan fingerprint density at radius 3 is 1.93 bits per heavy atom. The van der Waals surface area contributed by atoms with Crippen molar-refractivity contribution in [2.75, 3.05) is 0 Å². The van der Waals surface area contributed by atoms with Crippen LogP contribution in [-0.2, 0) is 4.79 Å². The van der Waals surface area contributed by atoms with Crippen LogP contribution >= 0.6 is 0 Å². The van der Waals surface area contributed by atoms with Gasteiger partial charge in [0.2, 0.25) is 0 Å². The monoisotopic (exact) mass is 368 g/mol. The van der Waals surface area contributed by atoms with E-state index in [-0.39, 0.29) is 11.3 Å². The van der Waals surface area contributed by atoms with E-state index in [9.17, 15) is 24.8 Å². The van der Waals surface area contributed by atoms with E-state index in [1.165, 1.54) is 43.3 Å². The number of benzene rings is 2. The molecule has 1 amide bonds. The molecule has 0 bridgehead atoms. The molecule has 0 spiro atoms. The van der Waals surface area contributed by atoms with Crippen LogP contribution in [0.5, 0.6) is 0 Å². The predicted molar refractivity (Wildman–Crippen MR) is 96.1 cm³/mol. The molecule has 2 atom stereocenters. The number of carbonyl (C=O) groups is 2. The number of amides is 1. The van der Waals surface area contributed by atoms with Gasteiger partial charge in [-0.1, -0.05) is 11.8 Å². The molecule has 0 aliphatic rings. The van der Waals surface area contributed by atoms with Gasteiger partial charge in [-0.25, -0.2) is 4.79 Å². The van der Waals surface area contributed by atoms with Gasteiger partial charge in [0, 0.05) is 28.8 Å². The molecular formula is C19H16N2O6. The highest BCUT2D eigenvalue weighted by Gasteiger charge is 2.25. The maximum absolute atomic E-state index is 12.1. The summed E-state index contributed by atoms with van der Waals surface area (Å²) in [7, 11) is 0. The molecule has 0 saturated heterocycles. The number of hydrogen-bond acceptors (Lipinski definition) is 5. The highest BCUT2D eigenvalue weighted by atomic mass is 16.6. The van der Waals surface area contributed by atoms with Gasteiger partial charge in [0.05, 0.1) is 11.0 Å². The average Bonchev–Trinajstić information content (AvgIpc) is 2.64. The lowest BCUT2D eigenvalue weighted by Gasteiger charge is -2.16. The fourth-order valence-electron chi connectivity index (χ4n) is 2.13. The van der Waals surface area contributed by atoms with Crippen LogP contribution in [0.1, 0.15) is 28.4 Å². The molecule has 2 rings (SSSR count). The summed E-state index contributed by atoms with van der Waals surface area (Å²) in [5, 5.41) is 31.2. The third-order valence-electron chi connectivity index (χ3n) is 3.61. The molecule has 0 aliphatic heterocycles. The molecule has 3 N–H and O–H groups in total. The molecule has 27 heavy (non-hydrogen) atoms. The first-order valence-electron chi connectivity index (χ1n) is 7.86. The summed E-state index contributed by atoms with van der Waals surface area (Å²) >= 11 is 0. The summed E-state index contributed by atoms with van der Waals surface area (Å²) in [5.74, 6) is 3.76. The summed E-state index contributed by atoms with van der Waals surface area (Å²) in [6, 6.07) is 10.5. The smallest absolute Gasteiger partial charge is 0.328 e. The van der Waals surface area contributed by atoms with Gasteiger partial charge in [0.15, 0.2) is 6.04 Å². The summed E-state index contributed by atoms with van der Waals surface area (Å²) in [4.78, 5) is 33.2. The van der Waals surface area contributed by atoms with Gasteiger partial charge in [-0.05, 0) is 43.3 Å². The fraction of sp³-hybridized carbons (Fsp3) is 0.158. The zero-order valence-corrected chi connectivity index (χ0v) is 14.2. The quantitative estimate of drug-likeness (QED) is 0.417. The van der Waals surface area contributed by atoms with Crippen molar-refractivity contribution in [1.82, 2.24) is 5.32 Å². The standard InChI is InChI=1S/C19H16N2O6/c1-12(22)17(19(24)25)20-18(23)15-8-4-13(5-9-15)2-3-14-6-10-16(11-7-14)21(26)27/h4-12,17,22H,1H3,(H,20,23)(H,24,25)/t12-,17+/m1/s1. The van der Waals surface area contributed by atoms with Gasteiger partial charge in [0.1, 0.15) is 0 Å². The largest absolute Gasteiger partial charge is 0.480 e. The van der Waals surface area contributed by atoms with Crippen molar-refractivity contribution >= 4 is 17.6 Å². The summed E-state index contributed by atoms with van der Waals surface area (Å²) in [6.45, 7) is 1.27. The number of carboxylic acid groups (broad SMARTS) is 1. The first-order valence-corrected chi connectivity index (χ1v) is 7.86. The Morgan fingerprint density at radius 2 is 1.52 bits per heavy atom. The molecule has 2 aromatic rings. The minimum atomic E-state index is -1.40. The van der Waals surface area contributed by atoms with E-state index in [1.807, 2.05) is 0 Å². The lowest BCUT2D eigenvalue weighted by atomic mass is 10.1. The molecule has 2 aromatic carbocycles. The number of aliphatic carboxylic acids is 1. The lowest BCUT2D eigenvalue weighted by molar-refractivity contribution is -0.384. The summed E-state index contributed by atoms with van der Waals surface area (Å²) in [6.07, 6.45) is -1.24. The van der Waals surface area contributed by atoms with E-state index in [0.717, 1.165) is 0 Å². The van der Waals surface area contributed by atoms with E-state index in [0.29, 0.717) is 11.1 Å². The number of aliphatic hydroxyl groups excluding tert-OH is 1. The van der Waals surface area contributed by atoms with Crippen molar-refractivity contribution in [3.63, 3.8) is 0 Å². The highest BCUT2D eigenvalue weighted by Crippen LogP contribution is 2.11. The van der Waals surface area contributed by atoms with E-state index in [2.05, 4.69) is 17.2 Å². The number of aliphatic hydroxyl groups is 1. The molecule has 0 aromatic heterocycles. The molecule has 8 nitrogen and oxygen atoms in total. The lowest BCUT2D eigenvalue weighted by Crippen LogP contribution is -2.47. The Morgan fingerprint density at radius 1 is 1.04 bits per heavy atom. The Hall–Kier alpha value is -3.70. The maximum Gasteiger partial charge on any atom is 0.328 e. The molecular weight excluding hydrogens is 352 g/mol. The molecule has 0 unspecified atom stereocenters. The van der Waals surface area contributed by atoms with Crippen molar-refractivity contribution < 1.29 is 24.7 Å². The third-order valence-corrected chi connectivity index (χ3v) is 3.61. The molecule has 0 fully saturated rings. The number of nitro benzene ring substituents is 1. The minimum absolute atomic E-state index is 0.0206. The number of hydrogen-bond donors (Lipinski definition) is 3. The molecule has 0 radical (unpaired) electrons. The third kappa shape index (κ3) is 5.39. The Labute approximate surface area is 154 Å². The second-order valence-corrected chi connectivity index (χ2v) is 5.66. The van der Waals surface area contributed by atoms with Crippen LogP contribution in [-0.4, -0.2) is 39.2 Å². The number of carbonyl (C=O) groups excluding carboxylic acids is 1. The predicted octanol–water partition coefficient (Wildman–Crippen LogP) is 1.56. The zero-order chi connectivity index (χ0) is 20.0. The molecule has 0 heterocycles. The van der Waals surface area contributed by atoms with Crippen molar-refractivity contribution in [2.45, 2.75) is 19.1 Å². The van der Waals surface area contributed by atoms with Crippen LogP contribution in [0, 0.1) is 22.0 Å².